The Balaban J connectivity index is 2.35. The Kier molecular flexibility index (Phi) is 4.35. The molecule has 0 saturated heterocycles. The zero-order valence-corrected chi connectivity index (χ0v) is 11.6. The van der Waals surface area contributed by atoms with Gasteiger partial charge in [0.2, 0.25) is 0 Å². The third kappa shape index (κ3) is 3.75. The van der Waals surface area contributed by atoms with E-state index in [1.165, 1.54) is 30.5 Å². The number of nitrogens with zero attached hydrogens (tertiary/aromatic N) is 1. The van der Waals surface area contributed by atoms with Crippen molar-refractivity contribution in [3.8, 4) is 0 Å². The number of benzene rings is 1. The summed E-state index contributed by atoms with van der Waals surface area (Å²) in [7, 11) is 0. The number of hydrogen-bond donors (Lipinski definition) is 2. The average Bonchev–Trinajstić information content (AvgIpc) is 2.42. The third-order valence-corrected chi connectivity index (χ3v) is 3.13. The highest BCUT2D eigenvalue weighted by Crippen LogP contribution is 2.28. The lowest BCUT2D eigenvalue weighted by molar-refractivity contribution is -0.127. The van der Waals surface area contributed by atoms with Gasteiger partial charge in [-0.3, -0.25) is 0 Å². The zero-order valence-electron chi connectivity index (χ0n) is 11.6. The third-order valence-electron chi connectivity index (χ3n) is 3.13. The number of anilines is 2. The van der Waals surface area contributed by atoms with Crippen molar-refractivity contribution in [2.45, 2.75) is 19.5 Å². The first-order valence-electron chi connectivity index (χ1n) is 6.38. The molecule has 0 atom stereocenters. The highest BCUT2D eigenvalue weighted by molar-refractivity contribution is 5.94. The summed E-state index contributed by atoms with van der Waals surface area (Å²) in [6.07, 6.45) is -3.94. The van der Waals surface area contributed by atoms with Crippen LogP contribution in [0.1, 0.15) is 21.5 Å². The highest BCUT2D eigenvalue weighted by Gasteiger charge is 2.28. The van der Waals surface area contributed by atoms with Crippen molar-refractivity contribution in [2.75, 3.05) is 5.32 Å². The van der Waals surface area contributed by atoms with E-state index in [2.05, 4.69) is 10.3 Å². The Morgan fingerprint density at radius 1 is 1.27 bits per heavy atom. The smallest absolute Gasteiger partial charge is 0.393 e. The van der Waals surface area contributed by atoms with Gasteiger partial charge in [0.15, 0.2) is 0 Å². The molecule has 1 heterocycles. The molecule has 0 aliphatic carbocycles. The molecule has 0 spiro atoms. The number of nitrogens with one attached hydrogen (secondary N) is 1. The second-order valence-electron chi connectivity index (χ2n) is 4.71. The second kappa shape index (κ2) is 6.05. The Hall–Kier alpha value is -2.57. The summed E-state index contributed by atoms with van der Waals surface area (Å²) in [4.78, 5) is 15.0. The molecule has 0 unspecified atom stereocenters. The van der Waals surface area contributed by atoms with Gasteiger partial charge in [-0.25, -0.2) is 9.78 Å². The fourth-order valence-corrected chi connectivity index (χ4v) is 2.03. The van der Waals surface area contributed by atoms with E-state index in [4.69, 9.17) is 5.11 Å². The molecule has 1 aromatic carbocycles. The summed E-state index contributed by atoms with van der Waals surface area (Å²) in [6, 6.07) is 7.30. The van der Waals surface area contributed by atoms with Crippen LogP contribution in [-0.4, -0.2) is 22.2 Å². The number of aromatic nitrogens is 1. The molecule has 2 rings (SSSR count). The minimum Gasteiger partial charge on any atom is -0.478 e. The molecule has 116 valence electrons. The first-order valence-corrected chi connectivity index (χ1v) is 6.38. The van der Waals surface area contributed by atoms with Gasteiger partial charge in [0.1, 0.15) is 11.4 Å². The van der Waals surface area contributed by atoms with E-state index in [9.17, 15) is 18.0 Å². The molecule has 22 heavy (non-hydrogen) atoms. The van der Waals surface area contributed by atoms with Gasteiger partial charge >= 0.3 is 12.1 Å². The number of hydrogen-bond acceptors (Lipinski definition) is 3. The van der Waals surface area contributed by atoms with Crippen molar-refractivity contribution in [1.82, 2.24) is 4.98 Å². The van der Waals surface area contributed by atoms with Crippen LogP contribution in [-0.2, 0) is 6.42 Å². The molecule has 0 aliphatic heterocycles. The van der Waals surface area contributed by atoms with Gasteiger partial charge in [0, 0.05) is 11.9 Å². The fraction of sp³-hybridized carbons (Fsp3) is 0.200. The number of carbonyl (C=O) groups is 1. The maximum Gasteiger partial charge on any atom is 0.393 e. The largest absolute Gasteiger partial charge is 0.478 e. The maximum atomic E-state index is 12.5. The molecule has 0 saturated carbocycles. The van der Waals surface area contributed by atoms with Gasteiger partial charge in [0.25, 0.3) is 0 Å². The normalized spacial score (nSPS) is 11.3. The van der Waals surface area contributed by atoms with Crippen molar-refractivity contribution >= 4 is 17.5 Å². The average molecular weight is 310 g/mol. The van der Waals surface area contributed by atoms with Crippen LogP contribution in [0, 0.1) is 6.92 Å². The van der Waals surface area contributed by atoms with E-state index in [1.807, 2.05) is 0 Å². The van der Waals surface area contributed by atoms with E-state index in [-0.39, 0.29) is 16.9 Å². The molecule has 0 bridgehead atoms. The molecule has 0 aliphatic rings. The lowest BCUT2D eigenvalue weighted by Gasteiger charge is -2.15. The van der Waals surface area contributed by atoms with Crippen LogP contribution < -0.4 is 5.32 Å². The molecule has 0 radical (unpaired) electrons. The maximum absolute atomic E-state index is 12.5. The Labute approximate surface area is 124 Å². The molecule has 4 nitrogen and oxygen atoms in total. The Bertz CT molecular complexity index is 699. The number of aromatic carboxylic acids is 1. The van der Waals surface area contributed by atoms with Crippen LogP contribution in [0.3, 0.4) is 0 Å². The summed E-state index contributed by atoms with van der Waals surface area (Å²) in [5.74, 6) is -1.08. The van der Waals surface area contributed by atoms with Gasteiger partial charge in [-0.05, 0) is 36.2 Å². The zero-order chi connectivity index (χ0) is 16.3. The van der Waals surface area contributed by atoms with Crippen LogP contribution in [0.4, 0.5) is 24.7 Å². The van der Waals surface area contributed by atoms with Crippen LogP contribution in [0.15, 0.2) is 36.5 Å². The summed E-state index contributed by atoms with van der Waals surface area (Å²) >= 11 is 0. The minimum absolute atomic E-state index is 0.0527. The van der Waals surface area contributed by atoms with Crippen molar-refractivity contribution in [1.29, 1.82) is 0 Å². The number of carboxylic acids is 1. The molecule has 0 fully saturated rings. The van der Waals surface area contributed by atoms with Crippen molar-refractivity contribution in [3.05, 3.63) is 53.2 Å². The van der Waals surface area contributed by atoms with Gasteiger partial charge in [0.05, 0.1) is 6.42 Å². The summed E-state index contributed by atoms with van der Waals surface area (Å²) in [5.41, 5.74) is 0.873. The van der Waals surface area contributed by atoms with E-state index >= 15 is 0 Å². The number of carboxylic acid groups (broad SMARTS) is 1. The van der Waals surface area contributed by atoms with Crippen molar-refractivity contribution in [3.63, 3.8) is 0 Å². The van der Waals surface area contributed by atoms with E-state index in [0.717, 1.165) is 0 Å². The lowest BCUT2D eigenvalue weighted by atomic mass is 10.0. The summed E-state index contributed by atoms with van der Waals surface area (Å²) in [5, 5.41) is 11.9. The fourth-order valence-electron chi connectivity index (χ4n) is 2.03. The molecule has 0 amide bonds. The quantitative estimate of drug-likeness (QED) is 0.898. The monoisotopic (exact) mass is 310 g/mol. The van der Waals surface area contributed by atoms with Crippen LogP contribution in [0.25, 0.3) is 0 Å². The SMILES string of the molecule is Cc1c(CC(F)(F)F)cccc1Nc1ncccc1C(=O)O. The first-order chi connectivity index (χ1) is 10.3. The van der Waals surface area contributed by atoms with Gasteiger partial charge in [-0.2, -0.15) is 13.2 Å². The van der Waals surface area contributed by atoms with E-state index < -0.39 is 18.6 Å². The summed E-state index contributed by atoms with van der Waals surface area (Å²) < 4.78 is 37.6. The van der Waals surface area contributed by atoms with Crippen LogP contribution >= 0.6 is 0 Å². The van der Waals surface area contributed by atoms with Gasteiger partial charge in [-0.15, -0.1) is 0 Å². The van der Waals surface area contributed by atoms with E-state index in [0.29, 0.717) is 11.3 Å². The van der Waals surface area contributed by atoms with Crippen molar-refractivity contribution < 1.29 is 23.1 Å². The lowest BCUT2D eigenvalue weighted by Crippen LogP contribution is -2.13. The summed E-state index contributed by atoms with van der Waals surface area (Å²) in [6.45, 7) is 1.55. The standard InChI is InChI=1S/C15H13F3N2O2/c1-9-10(8-15(16,17)18)4-2-6-12(9)20-13-11(14(21)22)5-3-7-19-13/h2-7H,8H2,1H3,(H,19,20)(H,21,22). The van der Waals surface area contributed by atoms with E-state index in [1.54, 1.807) is 13.0 Å². The number of alkyl halides is 3. The topological polar surface area (TPSA) is 62.2 Å². The first kappa shape index (κ1) is 15.8. The molecule has 1 aromatic heterocycles. The Morgan fingerprint density at radius 2 is 2.00 bits per heavy atom. The minimum atomic E-state index is -4.30. The van der Waals surface area contributed by atoms with Crippen LogP contribution in [0.5, 0.6) is 0 Å². The molecular formula is C15H13F3N2O2. The van der Waals surface area contributed by atoms with Crippen molar-refractivity contribution in [2.24, 2.45) is 0 Å². The number of halogens is 3. The second-order valence-corrected chi connectivity index (χ2v) is 4.71. The predicted octanol–water partition coefficient (Wildman–Crippen LogP) is 3.94. The van der Waals surface area contributed by atoms with Gasteiger partial charge < -0.3 is 10.4 Å². The molecule has 2 aromatic rings. The molecule has 7 heteroatoms. The molecule has 2 N–H and O–H groups in total. The predicted molar refractivity (Wildman–Crippen MR) is 75.4 cm³/mol. The highest BCUT2D eigenvalue weighted by atomic mass is 19.4. The molecular weight excluding hydrogens is 297 g/mol. The number of pyridine rings is 1. The number of rotatable bonds is 4. The van der Waals surface area contributed by atoms with Gasteiger partial charge in [-0.1, -0.05) is 12.1 Å². The Morgan fingerprint density at radius 3 is 2.64 bits per heavy atom. The van der Waals surface area contributed by atoms with Crippen LogP contribution in [0.2, 0.25) is 0 Å².